The largest absolute Gasteiger partial charge is 0.478 e. The molecular formula is C22H32O2. The van der Waals surface area contributed by atoms with Crippen LogP contribution in [0.2, 0.25) is 0 Å². The summed E-state index contributed by atoms with van der Waals surface area (Å²) in [5.74, 6) is -0.936. The first-order valence-corrected chi connectivity index (χ1v) is 9.00. The molecule has 0 aromatic carbocycles. The maximum Gasteiger partial charge on any atom is 0.328 e. The van der Waals surface area contributed by atoms with Crippen molar-refractivity contribution in [3.05, 3.63) is 72.9 Å². The zero-order chi connectivity index (χ0) is 17.7. The van der Waals surface area contributed by atoms with E-state index in [4.69, 9.17) is 5.11 Å². The fourth-order valence-corrected chi connectivity index (χ4v) is 2.05. The second-order valence-electron chi connectivity index (χ2n) is 5.58. The first-order valence-electron chi connectivity index (χ1n) is 9.00. The maximum atomic E-state index is 10.2. The van der Waals surface area contributed by atoms with Crippen molar-refractivity contribution in [2.24, 2.45) is 0 Å². The number of hydrogen-bond donors (Lipinski definition) is 1. The highest BCUT2D eigenvalue weighted by Gasteiger charge is 1.88. The van der Waals surface area contributed by atoms with E-state index >= 15 is 0 Å². The molecule has 2 heteroatoms. The van der Waals surface area contributed by atoms with Crippen molar-refractivity contribution in [1.29, 1.82) is 0 Å². The number of aliphatic carboxylic acids is 1. The Bertz CT molecular complexity index is 462. The van der Waals surface area contributed by atoms with E-state index in [0.29, 0.717) is 0 Å². The minimum atomic E-state index is -0.936. The Morgan fingerprint density at radius 3 is 1.67 bits per heavy atom. The minimum absolute atomic E-state index is 0.936. The fraction of sp³-hybridized carbons (Fsp3) is 0.409. The summed E-state index contributed by atoms with van der Waals surface area (Å²) >= 11 is 0. The van der Waals surface area contributed by atoms with Gasteiger partial charge in [-0.3, -0.25) is 0 Å². The van der Waals surface area contributed by atoms with Crippen LogP contribution in [0.15, 0.2) is 72.9 Å². The molecule has 0 bridgehead atoms. The second kappa shape index (κ2) is 19.0. The summed E-state index contributed by atoms with van der Waals surface area (Å²) in [5.41, 5.74) is 0. The van der Waals surface area contributed by atoms with Crippen LogP contribution in [0.5, 0.6) is 0 Å². The molecule has 2 nitrogen and oxygen atoms in total. The van der Waals surface area contributed by atoms with Gasteiger partial charge in [-0.25, -0.2) is 4.79 Å². The lowest BCUT2D eigenvalue weighted by Crippen LogP contribution is -1.84. The molecule has 1 N–H and O–H groups in total. The van der Waals surface area contributed by atoms with Crippen molar-refractivity contribution < 1.29 is 9.90 Å². The highest BCUT2D eigenvalue weighted by atomic mass is 16.4. The standard InChI is InChI=1S/C22H32O2/c1-2-3-4-5-6-7-8-9-10-11-12-13-14-15-16-17-18-19-20-21-22(23)24/h10-21H,2-9H2,1H3,(H,23,24)/b11-10-,13-12+,15-14-,17-16-,19-18-,21-20-. The summed E-state index contributed by atoms with van der Waals surface area (Å²) in [6.07, 6.45) is 32.7. The third-order valence-corrected chi connectivity index (χ3v) is 3.35. The van der Waals surface area contributed by atoms with Gasteiger partial charge in [-0.05, 0) is 12.8 Å². The minimum Gasteiger partial charge on any atom is -0.478 e. The topological polar surface area (TPSA) is 37.3 Å². The second-order valence-corrected chi connectivity index (χ2v) is 5.58. The summed E-state index contributed by atoms with van der Waals surface area (Å²) in [6.45, 7) is 2.25. The van der Waals surface area contributed by atoms with Gasteiger partial charge in [-0.1, -0.05) is 112 Å². The van der Waals surface area contributed by atoms with Crippen LogP contribution in [0.3, 0.4) is 0 Å². The Balaban J connectivity index is 3.57. The van der Waals surface area contributed by atoms with E-state index in [1.807, 2.05) is 36.5 Å². The lowest BCUT2D eigenvalue weighted by Gasteiger charge is -1.98. The number of hydrogen-bond acceptors (Lipinski definition) is 1. The average Bonchev–Trinajstić information content (AvgIpc) is 2.56. The molecule has 0 rings (SSSR count). The van der Waals surface area contributed by atoms with Gasteiger partial charge in [0.05, 0.1) is 0 Å². The fourth-order valence-electron chi connectivity index (χ4n) is 2.05. The first kappa shape index (κ1) is 21.9. The molecule has 0 radical (unpaired) electrons. The number of carboxylic acid groups (broad SMARTS) is 1. The van der Waals surface area contributed by atoms with Crippen molar-refractivity contribution in [2.45, 2.75) is 58.3 Å². The smallest absolute Gasteiger partial charge is 0.328 e. The number of rotatable bonds is 14. The third-order valence-electron chi connectivity index (χ3n) is 3.35. The number of carbonyl (C=O) groups is 1. The molecule has 0 aliphatic rings. The van der Waals surface area contributed by atoms with Crippen LogP contribution in [0.25, 0.3) is 0 Å². The molecule has 0 aliphatic carbocycles. The summed E-state index contributed by atoms with van der Waals surface area (Å²) in [6, 6.07) is 0. The van der Waals surface area contributed by atoms with Crippen LogP contribution in [-0.2, 0) is 4.79 Å². The van der Waals surface area contributed by atoms with Crippen molar-refractivity contribution in [3.8, 4) is 0 Å². The lowest BCUT2D eigenvalue weighted by atomic mass is 10.1. The first-order chi connectivity index (χ1) is 11.8. The molecule has 0 heterocycles. The monoisotopic (exact) mass is 328 g/mol. The van der Waals surface area contributed by atoms with Crippen LogP contribution < -0.4 is 0 Å². The predicted octanol–water partition coefficient (Wildman–Crippen LogP) is 6.55. The molecule has 0 fully saturated rings. The van der Waals surface area contributed by atoms with Gasteiger partial charge in [0, 0.05) is 6.08 Å². The normalized spacial score (nSPS) is 13.0. The highest BCUT2D eigenvalue weighted by Crippen LogP contribution is 2.08. The van der Waals surface area contributed by atoms with Gasteiger partial charge < -0.3 is 5.11 Å². The predicted molar refractivity (Wildman–Crippen MR) is 105 cm³/mol. The summed E-state index contributed by atoms with van der Waals surface area (Å²) < 4.78 is 0. The molecule has 0 aromatic heterocycles. The molecule has 0 saturated heterocycles. The quantitative estimate of drug-likeness (QED) is 0.223. The van der Waals surface area contributed by atoms with Gasteiger partial charge in [0.25, 0.3) is 0 Å². The van der Waals surface area contributed by atoms with Crippen molar-refractivity contribution in [2.75, 3.05) is 0 Å². The Labute approximate surface area is 147 Å². The number of unbranched alkanes of at least 4 members (excludes halogenated alkanes) is 7. The van der Waals surface area contributed by atoms with E-state index in [2.05, 4.69) is 19.1 Å². The Morgan fingerprint density at radius 2 is 1.12 bits per heavy atom. The van der Waals surface area contributed by atoms with E-state index in [1.54, 1.807) is 12.2 Å². The molecule has 0 spiro atoms. The van der Waals surface area contributed by atoms with Crippen LogP contribution in [0.1, 0.15) is 58.3 Å². The van der Waals surface area contributed by atoms with E-state index in [-0.39, 0.29) is 0 Å². The Hall–Kier alpha value is -2.09. The van der Waals surface area contributed by atoms with E-state index in [0.717, 1.165) is 12.5 Å². The van der Waals surface area contributed by atoms with Crippen LogP contribution in [0.4, 0.5) is 0 Å². The summed E-state index contributed by atoms with van der Waals surface area (Å²) in [4.78, 5) is 10.2. The molecule has 0 aromatic rings. The van der Waals surface area contributed by atoms with Crippen LogP contribution in [0, 0.1) is 0 Å². The molecule has 0 amide bonds. The Morgan fingerprint density at radius 1 is 0.667 bits per heavy atom. The third kappa shape index (κ3) is 19.9. The molecule has 0 unspecified atom stereocenters. The van der Waals surface area contributed by atoms with Gasteiger partial charge in [0.2, 0.25) is 0 Å². The Kier molecular flexibility index (Phi) is 17.3. The van der Waals surface area contributed by atoms with Gasteiger partial charge in [0.15, 0.2) is 0 Å². The summed E-state index contributed by atoms with van der Waals surface area (Å²) in [7, 11) is 0. The van der Waals surface area contributed by atoms with E-state index in [1.165, 1.54) is 51.0 Å². The van der Waals surface area contributed by atoms with Crippen LogP contribution >= 0.6 is 0 Å². The molecular weight excluding hydrogens is 296 g/mol. The SMILES string of the molecule is CCCCCCCCC\C=C/C=C/C=C\C=C/C=C\C=C/C(=O)O. The highest BCUT2D eigenvalue weighted by molar-refractivity contribution is 5.80. The number of carboxylic acids is 1. The zero-order valence-corrected chi connectivity index (χ0v) is 14.9. The zero-order valence-electron chi connectivity index (χ0n) is 14.9. The molecule has 0 saturated carbocycles. The molecule has 0 atom stereocenters. The van der Waals surface area contributed by atoms with Crippen LogP contribution in [-0.4, -0.2) is 11.1 Å². The molecule has 24 heavy (non-hydrogen) atoms. The van der Waals surface area contributed by atoms with Crippen molar-refractivity contribution in [3.63, 3.8) is 0 Å². The van der Waals surface area contributed by atoms with Crippen molar-refractivity contribution in [1.82, 2.24) is 0 Å². The lowest BCUT2D eigenvalue weighted by molar-refractivity contribution is -0.131. The van der Waals surface area contributed by atoms with Gasteiger partial charge in [0.1, 0.15) is 0 Å². The maximum absolute atomic E-state index is 10.2. The molecule has 132 valence electrons. The summed E-state index contributed by atoms with van der Waals surface area (Å²) in [5, 5.41) is 8.39. The van der Waals surface area contributed by atoms with E-state index in [9.17, 15) is 4.79 Å². The van der Waals surface area contributed by atoms with Gasteiger partial charge in [-0.2, -0.15) is 0 Å². The average molecular weight is 328 g/mol. The van der Waals surface area contributed by atoms with Gasteiger partial charge in [-0.15, -0.1) is 0 Å². The van der Waals surface area contributed by atoms with E-state index < -0.39 is 5.97 Å². The molecule has 0 aliphatic heterocycles. The van der Waals surface area contributed by atoms with Gasteiger partial charge >= 0.3 is 5.97 Å². The number of allylic oxidation sites excluding steroid dienone is 11. The van der Waals surface area contributed by atoms with Crippen molar-refractivity contribution >= 4 is 5.97 Å².